The van der Waals surface area contributed by atoms with Crippen LogP contribution in [0.1, 0.15) is 36.9 Å². The number of methoxy groups -OCH3 is 2. The lowest BCUT2D eigenvalue weighted by Crippen LogP contribution is -2.49. The summed E-state index contributed by atoms with van der Waals surface area (Å²) in [5, 5.41) is 3.05. The van der Waals surface area contributed by atoms with Gasteiger partial charge in [-0.25, -0.2) is 8.42 Å². The Labute approximate surface area is 178 Å². The maximum Gasteiger partial charge on any atom is 0.244 e. The number of nitrogens with zero attached hydrogens (tertiary/aromatic N) is 1. The minimum atomic E-state index is -3.73. The molecule has 30 heavy (non-hydrogen) atoms. The number of hydrogen-bond acceptors (Lipinski definition) is 5. The molecule has 162 valence electrons. The van der Waals surface area contributed by atoms with Crippen molar-refractivity contribution in [3.05, 3.63) is 53.6 Å². The smallest absolute Gasteiger partial charge is 0.244 e. The van der Waals surface area contributed by atoms with E-state index >= 15 is 0 Å². The maximum atomic E-state index is 13.1. The number of sulfonamides is 1. The molecule has 2 aromatic carbocycles. The Balaban J connectivity index is 1.88. The van der Waals surface area contributed by atoms with Crippen LogP contribution in [0.5, 0.6) is 11.5 Å². The molecule has 0 unspecified atom stereocenters. The molecule has 1 amide bonds. The molecule has 0 aliphatic heterocycles. The molecule has 0 radical (unpaired) electrons. The zero-order valence-electron chi connectivity index (χ0n) is 17.7. The number of benzene rings is 2. The highest BCUT2D eigenvalue weighted by Gasteiger charge is 2.32. The predicted octanol–water partition coefficient (Wildman–Crippen LogP) is 3.05. The van der Waals surface area contributed by atoms with Crippen LogP contribution >= 0.6 is 0 Å². The van der Waals surface area contributed by atoms with Crippen LogP contribution in [0, 0.1) is 0 Å². The zero-order valence-corrected chi connectivity index (χ0v) is 18.5. The summed E-state index contributed by atoms with van der Waals surface area (Å²) in [6.45, 7) is 1.59. The van der Waals surface area contributed by atoms with Gasteiger partial charge in [-0.2, -0.15) is 0 Å². The van der Waals surface area contributed by atoms with E-state index in [1.807, 2.05) is 18.2 Å². The number of anilines is 1. The predicted molar refractivity (Wildman–Crippen MR) is 117 cm³/mol. The van der Waals surface area contributed by atoms with E-state index in [0.29, 0.717) is 17.2 Å². The van der Waals surface area contributed by atoms with Crippen LogP contribution in [0.25, 0.3) is 0 Å². The SMILES string of the molecule is COc1ccc(N([C@@H](C)C(=O)N[C@@H]2CCCc3ccccc32)S(C)(=O)=O)cc1OC. The fraction of sp³-hybridized carbons (Fsp3) is 0.409. The summed E-state index contributed by atoms with van der Waals surface area (Å²) in [6, 6.07) is 11.8. The average molecular weight is 433 g/mol. The molecule has 0 heterocycles. The van der Waals surface area contributed by atoms with E-state index in [1.54, 1.807) is 25.1 Å². The Morgan fingerprint density at radius 2 is 1.83 bits per heavy atom. The third-order valence-electron chi connectivity index (χ3n) is 5.40. The molecule has 3 rings (SSSR count). The van der Waals surface area contributed by atoms with E-state index in [-0.39, 0.29) is 11.9 Å². The third-order valence-corrected chi connectivity index (χ3v) is 6.64. The van der Waals surface area contributed by atoms with E-state index < -0.39 is 16.1 Å². The number of carbonyl (C=O) groups excluding carboxylic acids is 1. The van der Waals surface area contributed by atoms with Gasteiger partial charge in [0.1, 0.15) is 6.04 Å². The van der Waals surface area contributed by atoms with Crippen LogP contribution in [-0.2, 0) is 21.2 Å². The fourth-order valence-corrected chi connectivity index (χ4v) is 5.13. The number of ether oxygens (including phenoxy) is 2. The number of aryl methyl sites for hydroxylation is 1. The number of carbonyl (C=O) groups is 1. The highest BCUT2D eigenvalue weighted by atomic mass is 32.2. The van der Waals surface area contributed by atoms with Gasteiger partial charge < -0.3 is 14.8 Å². The van der Waals surface area contributed by atoms with Gasteiger partial charge in [0.2, 0.25) is 15.9 Å². The first-order valence-corrected chi connectivity index (χ1v) is 11.7. The third kappa shape index (κ3) is 4.53. The van der Waals surface area contributed by atoms with Crippen molar-refractivity contribution in [1.82, 2.24) is 5.32 Å². The first kappa shape index (κ1) is 22.0. The molecule has 2 aromatic rings. The molecule has 0 bridgehead atoms. The molecule has 0 saturated carbocycles. The van der Waals surface area contributed by atoms with Crippen molar-refractivity contribution in [2.24, 2.45) is 0 Å². The Morgan fingerprint density at radius 1 is 1.13 bits per heavy atom. The summed E-state index contributed by atoms with van der Waals surface area (Å²) < 4.78 is 36.8. The van der Waals surface area contributed by atoms with Crippen molar-refractivity contribution in [3.63, 3.8) is 0 Å². The summed E-state index contributed by atoms with van der Waals surface area (Å²) in [5.41, 5.74) is 2.66. The quantitative estimate of drug-likeness (QED) is 0.727. The molecule has 1 aliphatic carbocycles. The van der Waals surface area contributed by atoms with Crippen LogP contribution in [0.4, 0.5) is 5.69 Å². The monoisotopic (exact) mass is 432 g/mol. The topological polar surface area (TPSA) is 84.9 Å². The molecule has 0 aromatic heterocycles. The molecule has 7 nitrogen and oxygen atoms in total. The van der Waals surface area contributed by atoms with Crippen molar-refractivity contribution in [1.29, 1.82) is 0 Å². The first-order chi connectivity index (χ1) is 14.3. The minimum absolute atomic E-state index is 0.128. The molecule has 1 N–H and O–H groups in total. The lowest BCUT2D eigenvalue weighted by molar-refractivity contribution is -0.122. The molecule has 0 spiro atoms. The molecule has 0 saturated heterocycles. The van der Waals surface area contributed by atoms with Crippen LogP contribution in [0.15, 0.2) is 42.5 Å². The molecular formula is C22H28N2O5S. The van der Waals surface area contributed by atoms with Crippen LogP contribution < -0.4 is 19.1 Å². The highest BCUT2D eigenvalue weighted by molar-refractivity contribution is 7.92. The second-order valence-electron chi connectivity index (χ2n) is 7.43. The molecule has 8 heteroatoms. The largest absolute Gasteiger partial charge is 0.493 e. The Morgan fingerprint density at radius 3 is 2.50 bits per heavy atom. The number of amides is 1. The van der Waals surface area contributed by atoms with Crippen molar-refractivity contribution in [2.75, 3.05) is 24.8 Å². The van der Waals surface area contributed by atoms with Gasteiger partial charge in [0.05, 0.1) is 32.2 Å². The van der Waals surface area contributed by atoms with Gasteiger partial charge in [-0.3, -0.25) is 9.10 Å². The summed E-state index contributed by atoms with van der Waals surface area (Å²) in [6.07, 6.45) is 3.87. The molecule has 1 aliphatic rings. The van der Waals surface area contributed by atoms with E-state index in [2.05, 4.69) is 11.4 Å². The Kier molecular flexibility index (Phi) is 6.55. The first-order valence-electron chi connectivity index (χ1n) is 9.86. The Bertz CT molecular complexity index is 1020. The normalized spacial score (nSPS) is 16.9. The van der Waals surface area contributed by atoms with Crippen molar-refractivity contribution < 1.29 is 22.7 Å². The van der Waals surface area contributed by atoms with Crippen molar-refractivity contribution in [3.8, 4) is 11.5 Å². The summed E-state index contributed by atoms with van der Waals surface area (Å²) in [5.74, 6) is 0.514. The minimum Gasteiger partial charge on any atom is -0.493 e. The molecule has 2 atom stereocenters. The number of hydrogen-bond donors (Lipinski definition) is 1. The highest BCUT2D eigenvalue weighted by Crippen LogP contribution is 2.34. The zero-order chi connectivity index (χ0) is 21.9. The maximum absolute atomic E-state index is 13.1. The van der Waals surface area contributed by atoms with Gasteiger partial charge in [-0.1, -0.05) is 24.3 Å². The van der Waals surface area contributed by atoms with Crippen LogP contribution in [0.3, 0.4) is 0 Å². The van der Waals surface area contributed by atoms with Crippen molar-refractivity contribution >= 4 is 21.6 Å². The van der Waals surface area contributed by atoms with Gasteiger partial charge in [0.25, 0.3) is 0 Å². The summed E-state index contributed by atoms with van der Waals surface area (Å²) in [7, 11) is -0.753. The molecule has 0 fully saturated rings. The number of fused-ring (bicyclic) bond motifs is 1. The van der Waals surface area contributed by atoms with E-state index in [4.69, 9.17) is 9.47 Å². The van der Waals surface area contributed by atoms with E-state index in [1.165, 1.54) is 19.8 Å². The van der Waals surface area contributed by atoms with Gasteiger partial charge in [-0.15, -0.1) is 0 Å². The van der Waals surface area contributed by atoms with Gasteiger partial charge in [0.15, 0.2) is 11.5 Å². The lowest BCUT2D eigenvalue weighted by atomic mass is 9.87. The van der Waals surface area contributed by atoms with Gasteiger partial charge in [-0.05, 0) is 49.4 Å². The molecular weight excluding hydrogens is 404 g/mol. The van der Waals surface area contributed by atoms with Crippen molar-refractivity contribution in [2.45, 2.75) is 38.3 Å². The standard InChI is InChI=1S/C22H28N2O5S/c1-15(22(25)23-19-11-7-9-16-8-5-6-10-18(16)19)24(30(4,26)27)17-12-13-20(28-2)21(14-17)29-3/h5-6,8,10,12-15,19H,7,9,11H2,1-4H3,(H,23,25)/t15-,19+/m0/s1. The lowest BCUT2D eigenvalue weighted by Gasteiger charge is -2.32. The van der Waals surface area contributed by atoms with Gasteiger partial charge >= 0.3 is 0 Å². The summed E-state index contributed by atoms with van der Waals surface area (Å²) >= 11 is 0. The average Bonchev–Trinajstić information content (AvgIpc) is 2.72. The number of nitrogens with one attached hydrogen (secondary N) is 1. The Hall–Kier alpha value is -2.74. The van der Waals surface area contributed by atoms with Crippen LogP contribution in [-0.4, -0.2) is 40.8 Å². The van der Waals surface area contributed by atoms with Gasteiger partial charge in [0, 0.05) is 6.07 Å². The van der Waals surface area contributed by atoms with Crippen LogP contribution in [0.2, 0.25) is 0 Å². The fourth-order valence-electron chi connectivity index (χ4n) is 3.97. The summed E-state index contributed by atoms with van der Waals surface area (Å²) in [4.78, 5) is 13.1. The van der Waals surface area contributed by atoms with E-state index in [9.17, 15) is 13.2 Å². The second-order valence-corrected chi connectivity index (χ2v) is 9.29. The second kappa shape index (κ2) is 8.95. The van der Waals surface area contributed by atoms with E-state index in [0.717, 1.165) is 35.4 Å². The number of rotatable bonds is 7.